The molecule has 1 saturated heterocycles. The van der Waals surface area contributed by atoms with E-state index in [1.807, 2.05) is 0 Å². The Morgan fingerprint density at radius 1 is 1.50 bits per heavy atom. The summed E-state index contributed by atoms with van der Waals surface area (Å²) in [4.78, 5) is 0. The van der Waals surface area contributed by atoms with Gasteiger partial charge in [-0.1, -0.05) is 6.08 Å². The quantitative estimate of drug-likeness (QED) is 0.539. The lowest BCUT2D eigenvalue weighted by atomic mass is 10.1. The van der Waals surface area contributed by atoms with Crippen molar-refractivity contribution in [2.45, 2.75) is 37.9 Å². The summed E-state index contributed by atoms with van der Waals surface area (Å²) in [6, 6.07) is 0. The predicted octanol–water partition coefficient (Wildman–Crippen LogP) is 0.674. The molecule has 5 nitrogen and oxygen atoms in total. The summed E-state index contributed by atoms with van der Waals surface area (Å²) >= 11 is 0. The van der Waals surface area contributed by atoms with Gasteiger partial charge in [0.2, 0.25) is 0 Å². The maximum atomic E-state index is 9.21. The van der Waals surface area contributed by atoms with Crippen molar-refractivity contribution in [1.82, 2.24) is 0 Å². The molecule has 0 radical (unpaired) electrons. The molecule has 94 valence electrons. The topological polar surface area (TPSA) is 57.2 Å². The Bertz CT molecular complexity index is 228. The van der Waals surface area contributed by atoms with Gasteiger partial charge in [-0.25, -0.2) is 0 Å². The first-order chi connectivity index (χ1) is 7.54. The molecule has 0 aromatic heterocycles. The molecule has 1 N–H and O–H groups in total. The minimum Gasteiger partial charge on any atom is -0.394 e. The first kappa shape index (κ1) is 13.6. The molecule has 16 heavy (non-hydrogen) atoms. The average Bonchev–Trinajstić information content (AvgIpc) is 2.55. The summed E-state index contributed by atoms with van der Waals surface area (Å²) in [5.74, 6) is -0.713. The van der Waals surface area contributed by atoms with Crippen LogP contribution in [-0.2, 0) is 18.9 Å². The molecule has 1 heterocycles. The molecular formula is C11H20O5. The fourth-order valence-electron chi connectivity index (χ4n) is 1.73. The highest BCUT2D eigenvalue weighted by Crippen LogP contribution is 2.30. The van der Waals surface area contributed by atoms with Crippen molar-refractivity contribution in [3.05, 3.63) is 12.7 Å². The molecule has 1 rings (SSSR count). The highest BCUT2D eigenvalue weighted by atomic mass is 16.8. The summed E-state index contributed by atoms with van der Waals surface area (Å²) in [5, 5.41) is 9.21. The molecule has 0 bridgehead atoms. The second kappa shape index (κ2) is 5.75. The van der Waals surface area contributed by atoms with Crippen LogP contribution in [0.25, 0.3) is 0 Å². The van der Waals surface area contributed by atoms with Crippen molar-refractivity contribution in [1.29, 1.82) is 0 Å². The van der Waals surface area contributed by atoms with Gasteiger partial charge in [-0.15, -0.1) is 6.58 Å². The molecule has 0 amide bonds. The summed E-state index contributed by atoms with van der Waals surface area (Å²) < 4.78 is 21.4. The van der Waals surface area contributed by atoms with E-state index in [4.69, 9.17) is 18.9 Å². The van der Waals surface area contributed by atoms with Crippen molar-refractivity contribution < 1.29 is 24.1 Å². The van der Waals surface area contributed by atoms with Gasteiger partial charge in [0.1, 0.15) is 25.1 Å². The molecule has 0 spiro atoms. The molecule has 5 heteroatoms. The molecule has 0 aliphatic carbocycles. The Morgan fingerprint density at radius 3 is 2.69 bits per heavy atom. The van der Waals surface area contributed by atoms with Gasteiger partial charge in [-0.2, -0.15) is 0 Å². The van der Waals surface area contributed by atoms with Crippen LogP contribution in [-0.4, -0.2) is 49.7 Å². The second-order valence-corrected chi connectivity index (χ2v) is 4.09. The third-order valence-corrected chi connectivity index (χ3v) is 2.34. The third-order valence-electron chi connectivity index (χ3n) is 2.34. The highest BCUT2D eigenvalue weighted by Gasteiger charge is 2.44. The Kier molecular flexibility index (Phi) is 4.89. The maximum Gasteiger partial charge on any atom is 0.164 e. The van der Waals surface area contributed by atoms with Gasteiger partial charge >= 0.3 is 0 Å². The molecule has 0 aromatic carbocycles. The molecule has 1 aliphatic heterocycles. The zero-order valence-corrected chi connectivity index (χ0v) is 10.0. The fraction of sp³-hybridized carbons (Fsp3) is 0.818. The zero-order chi connectivity index (χ0) is 12.2. The van der Waals surface area contributed by atoms with Crippen LogP contribution >= 0.6 is 0 Å². The first-order valence-electron chi connectivity index (χ1n) is 5.23. The van der Waals surface area contributed by atoms with Crippen LogP contribution in [0.1, 0.15) is 13.8 Å². The van der Waals surface area contributed by atoms with E-state index >= 15 is 0 Å². The van der Waals surface area contributed by atoms with E-state index in [1.54, 1.807) is 27.0 Å². The first-order valence-corrected chi connectivity index (χ1v) is 5.23. The minimum atomic E-state index is -0.713. The van der Waals surface area contributed by atoms with E-state index in [0.717, 1.165) is 0 Å². The summed E-state index contributed by atoms with van der Waals surface area (Å²) in [6.07, 6.45) is 0.485. The van der Waals surface area contributed by atoms with Crippen molar-refractivity contribution in [3.63, 3.8) is 0 Å². The zero-order valence-electron chi connectivity index (χ0n) is 10.0. The smallest absolute Gasteiger partial charge is 0.164 e. The van der Waals surface area contributed by atoms with Crippen LogP contribution < -0.4 is 0 Å². The van der Waals surface area contributed by atoms with Crippen molar-refractivity contribution in [2.75, 3.05) is 20.5 Å². The van der Waals surface area contributed by atoms with Crippen LogP contribution in [0.3, 0.4) is 0 Å². The molecule has 1 aliphatic rings. The lowest BCUT2D eigenvalue weighted by Gasteiger charge is -2.23. The van der Waals surface area contributed by atoms with Gasteiger partial charge in [0, 0.05) is 7.11 Å². The number of rotatable bonds is 6. The number of methoxy groups -OCH3 is 1. The fourth-order valence-corrected chi connectivity index (χ4v) is 1.73. The SMILES string of the molecule is C=C[C@@H](OCOC)[C@H]1OC(C)(C)O[C@H]1CO. The Balaban J connectivity index is 2.64. The highest BCUT2D eigenvalue weighted by molar-refractivity contribution is 4.95. The Labute approximate surface area is 95.9 Å². The van der Waals surface area contributed by atoms with Gasteiger partial charge in [0.25, 0.3) is 0 Å². The van der Waals surface area contributed by atoms with E-state index in [2.05, 4.69) is 6.58 Å². The second-order valence-electron chi connectivity index (χ2n) is 4.09. The molecule has 0 unspecified atom stereocenters. The van der Waals surface area contributed by atoms with Gasteiger partial charge in [0.05, 0.1) is 6.61 Å². The summed E-state index contributed by atoms with van der Waals surface area (Å²) in [7, 11) is 1.54. The molecule has 0 aromatic rings. The minimum absolute atomic E-state index is 0.116. The van der Waals surface area contributed by atoms with Crippen LogP contribution in [0, 0.1) is 0 Å². The Morgan fingerprint density at radius 2 is 2.19 bits per heavy atom. The number of aliphatic hydroxyl groups is 1. The van der Waals surface area contributed by atoms with Crippen molar-refractivity contribution >= 4 is 0 Å². The summed E-state index contributed by atoms with van der Waals surface area (Å²) in [5.41, 5.74) is 0. The van der Waals surface area contributed by atoms with Crippen LogP contribution in [0.4, 0.5) is 0 Å². The van der Waals surface area contributed by atoms with Gasteiger partial charge in [-0.3, -0.25) is 0 Å². The molecule has 0 saturated carbocycles. The third kappa shape index (κ3) is 3.26. The summed E-state index contributed by atoms with van der Waals surface area (Å²) in [6.45, 7) is 7.30. The normalized spacial score (nSPS) is 30.2. The standard InChI is InChI=1S/C11H20O5/c1-5-8(14-7-13-4)10-9(6-12)15-11(2,3)16-10/h5,8-10,12H,1,6-7H2,2-4H3/t8-,9+,10-/m1/s1. The largest absolute Gasteiger partial charge is 0.394 e. The lowest BCUT2D eigenvalue weighted by molar-refractivity contribution is -0.164. The van der Waals surface area contributed by atoms with E-state index < -0.39 is 11.9 Å². The number of aliphatic hydroxyl groups excluding tert-OH is 1. The average molecular weight is 232 g/mol. The van der Waals surface area contributed by atoms with E-state index in [0.29, 0.717) is 0 Å². The van der Waals surface area contributed by atoms with Crippen LogP contribution in [0.15, 0.2) is 12.7 Å². The van der Waals surface area contributed by atoms with E-state index in [9.17, 15) is 5.11 Å². The van der Waals surface area contributed by atoms with Crippen LogP contribution in [0.2, 0.25) is 0 Å². The van der Waals surface area contributed by atoms with Crippen molar-refractivity contribution in [2.24, 2.45) is 0 Å². The molecular weight excluding hydrogens is 212 g/mol. The van der Waals surface area contributed by atoms with E-state index in [-0.39, 0.29) is 25.6 Å². The maximum absolute atomic E-state index is 9.21. The lowest BCUT2D eigenvalue weighted by Crippen LogP contribution is -2.38. The van der Waals surface area contributed by atoms with Crippen LogP contribution in [0.5, 0.6) is 0 Å². The van der Waals surface area contributed by atoms with Gasteiger partial charge < -0.3 is 24.1 Å². The monoisotopic (exact) mass is 232 g/mol. The predicted molar refractivity (Wildman–Crippen MR) is 57.9 cm³/mol. The Hall–Kier alpha value is -0.460. The van der Waals surface area contributed by atoms with Gasteiger partial charge in [-0.05, 0) is 13.8 Å². The number of ether oxygens (including phenoxy) is 4. The number of hydrogen-bond acceptors (Lipinski definition) is 5. The molecule has 1 fully saturated rings. The number of hydrogen-bond donors (Lipinski definition) is 1. The van der Waals surface area contributed by atoms with Crippen molar-refractivity contribution in [3.8, 4) is 0 Å². The van der Waals surface area contributed by atoms with E-state index in [1.165, 1.54) is 0 Å². The van der Waals surface area contributed by atoms with Gasteiger partial charge in [0.15, 0.2) is 5.79 Å². The molecule has 3 atom stereocenters.